The SMILES string of the molecule is C1CN=C2CCCN2C1.CN1CCCN2CCCN=C12. The zero-order valence-electron chi connectivity index (χ0n) is 12.7. The summed E-state index contributed by atoms with van der Waals surface area (Å²) in [7, 11) is 2.14. The lowest BCUT2D eigenvalue weighted by Crippen LogP contribution is -2.50. The molecule has 112 valence electrons. The molecule has 2 fully saturated rings. The Morgan fingerprint density at radius 1 is 0.750 bits per heavy atom. The molecule has 0 bridgehead atoms. The average molecular weight is 277 g/mol. The van der Waals surface area contributed by atoms with Crippen molar-refractivity contribution < 1.29 is 0 Å². The van der Waals surface area contributed by atoms with Gasteiger partial charge in [-0.2, -0.15) is 0 Å². The standard InChI is InChI=1S/C8H15N3.C7H12N2/c1-10-5-3-7-11-6-2-4-9-8(10)11;1-3-7-8-4-2-6-9(7)5-1/h2-7H2,1H3;1-6H2. The Morgan fingerprint density at radius 2 is 1.45 bits per heavy atom. The highest BCUT2D eigenvalue weighted by Gasteiger charge is 2.22. The molecular formula is C15H27N5. The van der Waals surface area contributed by atoms with E-state index in [1.165, 1.54) is 76.6 Å². The van der Waals surface area contributed by atoms with E-state index in [2.05, 4.69) is 31.7 Å². The van der Waals surface area contributed by atoms with Crippen LogP contribution in [0.2, 0.25) is 0 Å². The lowest BCUT2D eigenvalue weighted by molar-refractivity contribution is 0.269. The van der Waals surface area contributed by atoms with E-state index in [4.69, 9.17) is 0 Å². The van der Waals surface area contributed by atoms with Gasteiger partial charge in [0.05, 0.1) is 5.84 Å². The Morgan fingerprint density at radius 3 is 2.25 bits per heavy atom. The second kappa shape index (κ2) is 6.46. The molecule has 0 saturated carbocycles. The normalized spacial score (nSPS) is 25.1. The van der Waals surface area contributed by atoms with Crippen molar-refractivity contribution in [1.29, 1.82) is 0 Å². The molecule has 5 heteroatoms. The van der Waals surface area contributed by atoms with E-state index in [-0.39, 0.29) is 0 Å². The van der Waals surface area contributed by atoms with Crippen LogP contribution >= 0.6 is 0 Å². The lowest BCUT2D eigenvalue weighted by Gasteiger charge is -2.39. The van der Waals surface area contributed by atoms with Gasteiger partial charge in [0.2, 0.25) is 0 Å². The van der Waals surface area contributed by atoms with E-state index in [0.717, 1.165) is 13.1 Å². The van der Waals surface area contributed by atoms with Crippen LogP contribution in [0.15, 0.2) is 9.98 Å². The van der Waals surface area contributed by atoms with Gasteiger partial charge < -0.3 is 14.7 Å². The van der Waals surface area contributed by atoms with Crippen LogP contribution in [0.4, 0.5) is 0 Å². The van der Waals surface area contributed by atoms with E-state index < -0.39 is 0 Å². The maximum absolute atomic E-state index is 4.50. The highest BCUT2D eigenvalue weighted by atomic mass is 15.4. The molecule has 4 rings (SSSR count). The lowest BCUT2D eigenvalue weighted by atomic mass is 10.2. The zero-order valence-corrected chi connectivity index (χ0v) is 12.7. The molecule has 5 nitrogen and oxygen atoms in total. The Bertz CT molecular complexity index is 390. The largest absolute Gasteiger partial charge is 0.360 e. The molecule has 0 aromatic carbocycles. The van der Waals surface area contributed by atoms with Crippen molar-refractivity contribution in [2.75, 3.05) is 52.9 Å². The maximum Gasteiger partial charge on any atom is 0.196 e. The Hall–Kier alpha value is -1.26. The first-order valence-electron chi connectivity index (χ1n) is 8.13. The first kappa shape index (κ1) is 13.7. The molecule has 0 amide bonds. The van der Waals surface area contributed by atoms with Gasteiger partial charge in [-0.3, -0.25) is 9.98 Å². The molecule has 0 atom stereocenters. The smallest absolute Gasteiger partial charge is 0.196 e. The summed E-state index contributed by atoms with van der Waals surface area (Å²) < 4.78 is 0. The maximum atomic E-state index is 4.50. The van der Waals surface area contributed by atoms with E-state index in [9.17, 15) is 0 Å². The first-order chi connectivity index (χ1) is 9.84. The van der Waals surface area contributed by atoms with Crippen molar-refractivity contribution in [3.8, 4) is 0 Å². The van der Waals surface area contributed by atoms with Gasteiger partial charge in [-0.15, -0.1) is 0 Å². The molecule has 0 spiro atoms. The van der Waals surface area contributed by atoms with Crippen molar-refractivity contribution in [2.24, 2.45) is 9.98 Å². The summed E-state index contributed by atoms with van der Waals surface area (Å²) in [6.07, 6.45) is 6.36. The number of fused-ring (bicyclic) bond motifs is 2. The van der Waals surface area contributed by atoms with Crippen molar-refractivity contribution >= 4 is 11.8 Å². The van der Waals surface area contributed by atoms with Crippen LogP contribution in [-0.4, -0.2) is 79.4 Å². The monoisotopic (exact) mass is 277 g/mol. The van der Waals surface area contributed by atoms with Crippen LogP contribution in [0, 0.1) is 0 Å². The van der Waals surface area contributed by atoms with Crippen LogP contribution in [0.5, 0.6) is 0 Å². The van der Waals surface area contributed by atoms with Crippen LogP contribution in [-0.2, 0) is 0 Å². The molecule has 0 unspecified atom stereocenters. The molecular weight excluding hydrogens is 250 g/mol. The van der Waals surface area contributed by atoms with Crippen LogP contribution in [0.1, 0.15) is 32.1 Å². The number of amidine groups is 1. The van der Waals surface area contributed by atoms with E-state index in [0.29, 0.717) is 0 Å². The first-order valence-corrected chi connectivity index (χ1v) is 8.13. The van der Waals surface area contributed by atoms with E-state index >= 15 is 0 Å². The minimum atomic E-state index is 1.02. The summed E-state index contributed by atoms with van der Waals surface area (Å²) in [5, 5.41) is 0. The minimum absolute atomic E-state index is 1.02. The summed E-state index contributed by atoms with van der Waals surface area (Å²) >= 11 is 0. The van der Waals surface area contributed by atoms with Gasteiger partial charge in [-0.25, -0.2) is 0 Å². The average Bonchev–Trinajstić information content (AvgIpc) is 2.97. The summed E-state index contributed by atoms with van der Waals surface area (Å²) in [5.41, 5.74) is 0. The van der Waals surface area contributed by atoms with Crippen molar-refractivity contribution in [3.63, 3.8) is 0 Å². The van der Waals surface area contributed by atoms with Crippen LogP contribution in [0.25, 0.3) is 0 Å². The van der Waals surface area contributed by atoms with Gasteiger partial charge in [0.25, 0.3) is 0 Å². The highest BCUT2D eigenvalue weighted by molar-refractivity contribution is 5.84. The molecule has 4 heterocycles. The molecule has 4 aliphatic rings. The molecule has 0 N–H and O–H groups in total. The topological polar surface area (TPSA) is 34.4 Å². The Kier molecular flexibility index (Phi) is 4.43. The fourth-order valence-electron chi connectivity index (χ4n) is 3.42. The zero-order chi connectivity index (χ0) is 13.8. The minimum Gasteiger partial charge on any atom is -0.360 e. The van der Waals surface area contributed by atoms with Gasteiger partial charge in [0.15, 0.2) is 5.96 Å². The summed E-state index contributed by atoms with van der Waals surface area (Å²) in [6, 6.07) is 0. The third-order valence-corrected chi connectivity index (χ3v) is 4.46. The van der Waals surface area contributed by atoms with Crippen molar-refractivity contribution in [3.05, 3.63) is 0 Å². The summed E-state index contributed by atoms with van der Waals surface area (Å²) in [5.74, 6) is 2.60. The second-order valence-electron chi connectivity index (χ2n) is 6.04. The molecule has 2 saturated heterocycles. The third kappa shape index (κ3) is 3.07. The molecule has 20 heavy (non-hydrogen) atoms. The molecule has 0 aromatic rings. The van der Waals surface area contributed by atoms with Gasteiger partial charge >= 0.3 is 0 Å². The molecule has 4 aliphatic heterocycles. The van der Waals surface area contributed by atoms with Crippen molar-refractivity contribution in [1.82, 2.24) is 14.7 Å². The Labute approximate surface area is 122 Å². The Balaban J connectivity index is 0.000000123. The number of nitrogens with zero attached hydrogens (tertiary/aromatic N) is 5. The van der Waals surface area contributed by atoms with E-state index in [1.807, 2.05) is 0 Å². The molecule has 0 aromatic heterocycles. The fraction of sp³-hybridized carbons (Fsp3) is 0.867. The number of hydrogen-bond acceptors (Lipinski definition) is 5. The number of hydrogen-bond donors (Lipinski definition) is 0. The molecule has 0 aliphatic carbocycles. The quantitative estimate of drug-likeness (QED) is 0.669. The highest BCUT2D eigenvalue weighted by Crippen LogP contribution is 2.15. The molecule has 0 radical (unpaired) electrons. The van der Waals surface area contributed by atoms with E-state index in [1.54, 1.807) is 0 Å². The summed E-state index contributed by atoms with van der Waals surface area (Å²) in [6.45, 7) is 8.22. The third-order valence-electron chi connectivity index (χ3n) is 4.46. The van der Waals surface area contributed by atoms with Gasteiger partial charge in [-0.1, -0.05) is 0 Å². The predicted octanol–water partition coefficient (Wildman–Crippen LogP) is 1.27. The van der Waals surface area contributed by atoms with Crippen LogP contribution in [0.3, 0.4) is 0 Å². The fourth-order valence-corrected chi connectivity index (χ4v) is 3.42. The van der Waals surface area contributed by atoms with Gasteiger partial charge in [0.1, 0.15) is 0 Å². The number of rotatable bonds is 0. The van der Waals surface area contributed by atoms with Crippen molar-refractivity contribution in [2.45, 2.75) is 32.1 Å². The second-order valence-corrected chi connectivity index (χ2v) is 6.04. The number of aliphatic imine (C=N–C) groups is 2. The number of guanidine groups is 1. The van der Waals surface area contributed by atoms with Gasteiger partial charge in [-0.05, 0) is 25.7 Å². The van der Waals surface area contributed by atoms with Crippen LogP contribution < -0.4 is 0 Å². The van der Waals surface area contributed by atoms with Gasteiger partial charge in [0, 0.05) is 59.3 Å². The summed E-state index contributed by atoms with van der Waals surface area (Å²) in [4.78, 5) is 16.0. The predicted molar refractivity (Wildman–Crippen MR) is 83.5 cm³/mol.